The number of benzene rings is 2. The lowest BCUT2D eigenvalue weighted by atomic mass is 10.0. The second-order valence-corrected chi connectivity index (χ2v) is 7.48. The van der Waals surface area contributed by atoms with Gasteiger partial charge in [0.2, 0.25) is 0 Å². The van der Waals surface area contributed by atoms with Crippen molar-refractivity contribution in [2.24, 2.45) is 4.99 Å². The first kappa shape index (κ1) is 23.8. The molecule has 3 rings (SSSR count). The van der Waals surface area contributed by atoms with Crippen LogP contribution in [0.4, 0.5) is 4.39 Å². The predicted octanol–water partition coefficient (Wildman–Crippen LogP) is 2.97. The highest BCUT2D eigenvalue weighted by molar-refractivity contribution is 5.79. The number of methoxy groups -OCH3 is 2. The Kier molecular flexibility index (Phi) is 9.13. The molecule has 0 radical (unpaired) electrons. The summed E-state index contributed by atoms with van der Waals surface area (Å²) in [5, 5.41) is 6.73. The highest BCUT2D eigenvalue weighted by atomic mass is 19.1. The Morgan fingerprint density at radius 1 is 1.09 bits per heavy atom. The number of morpholine rings is 1. The van der Waals surface area contributed by atoms with Gasteiger partial charge in [0.15, 0.2) is 17.5 Å². The van der Waals surface area contributed by atoms with Gasteiger partial charge in [0.05, 0.1) is 40.0 Å². The first-order valence-electron chi connectivity index (χ1n) is 10.9. The van der Waals surface area contributed by atoms with Crippen molar-refractivity contribution in [1.29, 1.82) is 0 Å². The van der Waals surface area contributed by atoms with Crippen molar-refractivity contribution in [2.45, 2.75) is 19.5 Å². The van der Waals surface area contributed by atoms with Crippen molar-refractivity contribution in [3.8, 4) is 11.5 Å². The molecule has 1 aliphatic heterocycles. The minimum Gasteiger partial charge on any atom is -0.493 e. The first-order valence-corrected chi connectivity index (χ1v) is 10.9. The third-order valence-corrected chi connectivity index (χ3v) is 5.39. The molecule has 7 nitrogen and oxygen atoms in total. The average molecular weight is 445 g/mol. The van der Waals surface area contributed by atoms with Crippen molar-refractivity contribution in [3.05, 3.63) is 59.4 Å². The van der Waals surface area contributed by atoms with E-state index in [2.05, 4.69) is 15.5 Å². The summed E-state index contributed by atoms with van der Waals surface area (Å²) >= 11 is 0. The van der Waals surface area contributed by atoms with E-state index in [1.54, 1.807) is 26.4 Å². The Labute approximate surface area is 189 Å². The SMILES string of the molecule is CCNC(=NCc1ccc(OC)c(OC)c1)NCC(c1cccc(F)c1)N1CCOCC1. The standard InChI is InChI=1S/C24H33FN4O3/c1-4-26-24(27-16-18-8-9-22(30-2)23(14-18)31-3)28-17-21(29-10-12-32-13-11-29)19-6-5-7-20(25)15-19/h5-9,14-15,21H,4,10-13,16-17H2,1-3H3,(H2,26,27,28). The van der Waals surface area contributed by atoms with E-state index in [1.807, 2.05) is 31.2 Å². The van der Waals surface area contributed by atoms with Crippen LogP contribution in [0.2, 0.25) is 0 Å². The van der Waals surface area contributed by atoms with Gasteiger partial charge in [0, 0.05) is 26.2 Å². The van der Waals surface area contributed by atoms with E-state index in [9.17, 15) is 4.39 Å². The van der Waals surface area contributed by atoms with Crippen molar-refractivity contribution < 1.29 is 18.6 Å². The molecule has 2 aromatic rings. The molecule has 0 aromatic heterocycles. The van der Waals surface area contributed by atoms with E-state index in [4.69, 9.17) is 19.2 Å². The van der Waals surface area contributed by atoms with Gasteiger partial charge in [0.1, 0.15) is 5.82 Å². The summed E-state index contributed by atoms with van der Waals surface area (Å²) in [5.74, 6) is 1.84. The highest BCUT2D eigenvalue weighted by Crippen LogP contribution is 2.27. The third kappa shape index (κ3) is 6.58. The van der Waals surface area contributed by atoms with Crippen molar-refractivity contribution in [3.63, 3.8) is 0 Å². The normalized spacial score (nSPS) is 15.8. The van der Waals surface area contributed by atoms with Crippen LogP contribution in [0.5, 0.6) is 11.5 Å². The number of rotatable bonds is 9. The Bertz CT molecular complexity index is 887. The predicted molar refractivity (Wildman–Crippen MR) is 124 cm³/mol. The fraction of sp³-hybridized carbons (Fsp3) is 0.458. The Balaban J connectivity index is 1.72. The lowest BCUT2D eigenvalue weighted by molar-refractivity contribution is 0.0169. The number of aliphatic imine (C=N–C) groups is 1. The molecule has 0 amide bonds. The molecular formula is C24H33FN4O3. The molecule has 1 unspecified atom stereocenters. The number of nitrogens with one attached hydrogen (secondary N) is 2. The molecule has 174 valence electrons. The van der Waals surface area contributed by atoms with Crippen molar-refractivity contribution in [1.82, 2.24) is 15.5 Å². The number of hydrogen-bond donors (Lipinski definition) is 2. The van der Waals surface area contributed by atoms with Gasteiger partial charge < -0.3 is 24.8 Å². The van der Waals surface area contributed by atoms with Crippen LogP contribution in [0.15, 0.2) is 47.5 Å². The molecule has 1 aliphatic rings. The Morgan fingerprint density at radius 2 is 1.88 bits per heavy atom. The van der Waals surface area contributed by atoms with E-state index in [0.29, 0.717) is 43.8 Å². The molecule has 0 aliphatic carbocycles. The van der Waals surface area contributed by atoms with Crippen LogP contribution in [0, 0.1) is 5.82 Å². The molecule has 1 heterocycles. The smallest absolute Gasteiger partial charge is 0.191 e. The molecular weight excluding hydrogens is 411 g/mol. The quantitative estimate of drug-likeness (QED) is 0.458. The first-order chi connectivity index (χ1) is 15.6. The fourth-order valence-electron chi connectivity index (χ4n) is 3.75. The number of halogens is 1. The van der Waals surface area contributed by atoms with Gasteiger partial charge >= 0.3 is 0 Å². The zero-order valence-electron chi connectivity index (χ0n) is 19.1. The van der Waals surface area contributed by atoms with Crippen molar-refractivity contribution >= 4 is 5.96 Å². The summed E-state index contributed by atoms with van der Waals surface area (Å²) in [4.78, 5) is 7.05. The maximum atomic E-state index is 13.9. The van der Waals surface area contributed by atoms with E-state index >= 15 is 0 Å². The number of nitrogens with zero attached hydrogens (tertiary/aromatic N) is 2. The molecule has 0 bridgehead atoms. The fourth-order valence-corrected chi connectivity index (χ4v) is 3.75. The van der Waals surface area contributed by atoms with Crippen LogP contribution >= 0.6 is 0 Å². The molecule has 2 N–H and O–H groups in total. The number of guanidine groups is 1. The maximum absolute atomic E-state index is 13.9. The van der Waals surface area contributed by atoms with Gasteiger partial charge in [-0.15, -0.1) is 0 Å². The summed E-state index contributed by atoms with van der Waals surface area (Å²) in [6.07, 6.45) is 0. The summed E-state index contributed by atoms with van der Waals surface area (Å²) in [5.41, 5.74) is 1.95. The molecule has 1 fully saturated rings. The molecule has 0 spiro atoms. The average Bonchev–Trinajstić information content (AvgIpc) is 2.83. The van der Waals surface area contributed by atoms with Crippen LogP contribution in [0.1, 0.15) is 24.1 Å². The summed E-state index contributed by atoms with van der Waals surface area (Å²) in [6.45, 7) is 6.82. The zero-order valence-corrected chi connectivity index (χ0v) is 19.1. The third-order valence-electron chi connectivity index (χ3n) is 5.39. The monoisotopic (exact) mass is 444 g/mol. The minimum atomic E-state index is -0.227. The number of hydrogen-bond acceptors (Lipinski definition) is 5. The van der Waals surface area contributed by atoms with Crippen LogP contribution in [-0.4, -0.2) is 64.5 Å². The lowest BCUT2D eigenvalue weighted by Gasteiger charge is -2.35. The van der Waals surface area contributed by atoms with Gasteiger partial charge in [-0.05, 0) is 42.3 Å². The van der Waals surface area contributed by atoms with Crippen molar-refractivity contribution in [2.75, 3.05) is 53.6 Å². The molecule has 8 heteroatoms. The maximum Gasteiger partial charge on any atom is 0.191 e. The van der Waals surface area contributed by atoms with Crippen LogP contribution in [0.25, 0.3) is 0 Å². The van der Waals surface area contributed by atoms with E-state index in [1.165, 1.54) is 6.07 Å². The van der Waals surface area contributed by atoms with Gasteiger partial charge in [0.25, 0.3) is 0 Å². The van der Waals surface area contributed by atoms with E-state index < -0.39 is 0 Å². The van der Waals surface area contributed by atoms with E-state index in [0.717, 1.165) is 30.8 Å². The number of ether oxygens (including phenoxy) is 3. The topological polar surface area (TPSA) is 67.4 Å². The van der Waals surface area contributed by atoms with Crippen LogP contribution < -0.4 is 20.1 Å². The highest BCUT2D eigenvalue weighted by Gasteiger charge is 2.23. The minimum absolute atomic E-state index is 0.0135. The van der Waals surface area contributed by atoms with Gasteiger partial charge in [-0.25, -0.2) is 9.38 Å². The Morgan fingerprint density at radius 3 is 2.56 bits per heavy atom. The molecule has 32 heavy (non-hydrogen) atoms. The van der Waals surface area contributed by atoms with Crippen LogP contribution in [-0.2, 0) is 11.3 Å². The molecule has 1 saturated heterocycles. The lowest BCUT2D eigenvalue weighted by Crippen LogP contribution is -2.46. The Hall–Kier alpha value is -2.84. The second kappa shape index (κ2) is 12.3. The van der Waals surface area contributed by atoms with Gasteiger partial charge in [-0.2, -0.15) is 0 Å². The van der Waals surface area contributed by atoms with Gasteiger partial charge in [-0.3, -0.25) is 4.90 Å². The molecule has 0 saturated carbocycles. The molecule has 1 atom stereocenters. The second-order valence-electron chi connectivity index (χ2n) is 7.48. The largest absolute Gasteiger partial charge is 0.493 e. The van der Waals surface area contributed by atoms with Crippen LogP contribution in [0.3, 0.4) is 0 Å². The zero-order chi connectivity index (χ0) is 22.8. The van der Waals surface area contributed by atoms with E-state index in [-0.39, 0.29) is 11.9 Å². The molecule has 2 aromatic carbocycles. The summed E-state index contributed by atoms with van der Waals surface area (Å²) in [7, 11) is 3.24. The summed E-state index contributed by atoms with van der Waals surface area (Å²) in [6, 6.07) is 12.6. The summed E-state index contributed by atoms with van der Waals surface area (Å²) < 4.78 is 30.1. The van der Waals surface area contributed by atoms with Gasteiger partial charge in [-0.1, -0.05) is 18.2 Å².